The van der Waals surface area contributed by atoms with E-state index in [4.69, 9.17) is 0 Å². The largest absolute Gasteiger partial charge is 0.263 e. The van der Waals surface area contributed by atoms with E-state index in [9.17, 15) is 0 Å². The number of aromatic nitrogens is 1. The van der Waals surface area contributed by atoms with Crippen LogP contribution in [0.2, 0.25) is 0 Å². The molecule has 3 rings (SSSR count). The molecular weight excluding hydrogens is 214 g/mol. The standard InChI is InChI=1S/C14H11NS/c1-10-8-15-9-14-12(10)7-13(16-14)11-5-3-2-4-6-11/h2-9H,1H3. The fourth-order valence-electron chi connectivity index (χ4n) is 1.84. The van der Waals surface area contributed by atoms with E-state index in [1.807, 2.05) is 18.5 Å². The topological polar surface area (TPSA) is 12.9 Å². The predicted molar refractivity (Wildman–Crippen MR) is 69.8 cm³/mol. The van der Waals surface area contributed by atoms with E-state index in [1.165, 1.54) is 26.1 Å². The van der Waals surface area contributed by atoms with Crippen LogP contribution in [0.3, 0.4) is 0 Å². The summed E-state index contributed by atoms with van der Waals surface area (Å²) in [6.45, 7) is 2.11. The van der Waals surface area contributed by atoms with Gasteiger partial charge in [-0.05, 0) is 29.5 Å². The second kappa shape index (κ2) is 3.72. The Labute approximate surface area is 98.4 Å². The van der Waals surface area contributed by atoms with E-state index >= 15 is 0 Å². The van der Waals surface area contributed by atoms with Crippen LogP contribution < -0.4 is 0 Å². The highest BCUT2D eigenvalue weighted by Gasteiger charge is 2.05. The Morgan fingerprint density at radius 3 is 2.62 bits per heavy atom. The van der Waals surface area contributed by atoms with Crippen molar-refractivity contribution in [3.05, 3.63) is 54.4 Å². The highest BCUT2D eigenvalue weighted by molar-refractivity contribution is 7.22. The first-order valence-corrected chi connectivity index (χ1v) is 6.06. The summed E-state index contributed by atoms with van der Waals surface area (Å²) >= 11 is 1.80. The van der Waals surface area contributed by atoms with Gasteiger partial charge in [-0.3, -0.25) is 4.98 Å². The Morgan fingerprint density at radius 2 is 1.88 bits per heavy atom. The van der Waals surface area contributed by atoms with Crippen LogP contribution in [-0.4, -0.2) is 4.98 Å². The van der Waals surface area contributed by atoms with Crippen molar-refractivity contribution >= 4 is 21.4 Å². The molecule has 2 aromatic heterocycles. The minimum absolute atomic E-state index is 1.25. The van der Waals surface area contributed by atoms with Gasteiger partial charge in [-0.15, -0.1) is 11.3 Å². The van der Waals surface area contributed by atoms with Crippen LogP contribution in [0, 0.1) is 6.92 Å². The van der Waals surface area contributed by atoms with Crippen molar-refractivity contribution in [2.75, 3.05) is 0 Å². The van der Waals surface area contributed by atoms with Crippen molar-refractivity contribution in [2.45, 2.75) is 6.92 Å². The molecule has 0 fully saturated rings. The van der Waals surface area contributed by atoms with Crippen LogP contribution in [0.15, 0.2) is 48.8 Å². The fraction of sp³-hybridized carbons (Fsp3) is 0.0714. The first kappa shape index (κ1) is 9.55. The smallest absolute Gasteiger partial charge is 0.0535 e. The Hall–Kier alpha value is -1.67. The summed E-state index contributed by atoms with van der Waals surface area (Å²) in [7, 11) is 0. The predicted octanol–water partition coefficient (Wildman–Crippen LogP) is 4.27. The van der Waals surface area contributed by atoms with Gasteiger partial charge in [-0.25, -0.2) is 0 Å². The van der Waals surface area contributed by atoms with Crippen molar-refractivity contribution in [1.29, 1.82) is 0 Å². The van der Waals surface area contributed by atoms with Crippen molar-refractivity contribution < 1.29 is 0 Å². The lowest BCUT2D eigenvalue weighted by molar-refractivity contribution is 1.32. The highest BCUT2D eigenvalue weighted by Crippen LogP contribution is 2.34. The van der Waals surface area contributed by atoms with E-state index in [2.05, 4.69) is 42.2 Å². The van der Waals surface area contributed by atoms with Gasteiger partial charge in [0.25, 0.3) is 0 Å². The maximum Gasteiger partial charge on any atom is 0.0535 e. The Bertz CT molecular complexity index is 626. The maximum absolute atomic E-state index is 4.23. The van der Waals surface area contributed by atoms with Crippen LogP contribution >= 0.6 is 11.3 Å². The number of hydrogen-bond acceptors (Lipinski definition) is 2. The Morgan fingerprint density at radius 1 is 1.06 bits per heavy atom. The zero-order valence-electron chi connectivity index (χ0n) is 8.97. The van der Waals surface area contributed by atoms with E-state index < -0.39 is 0 Å². The van der Waals surface area contributed by atoms with E-state index in [0.717, 1.165) is 0 Å². The minimum atomic E-state index is 1.25. The van der Waals surface area contributed by atoms with Crippen LogP contribution in [-0.2, 0) is 0 Å². The third-order valence-corrected chi connectivity index (χ3v) is 3.82. The molecule has 0 aliphatic heterocycles. The SMILES string of the molecule is Cc1cncc2sc(-c3ccccc3)cc12. The zero-order chi connectivity index (χ0) is 11.0. The summed E-state index contributed by atoms with van der Waals surface area (Å²) in [5, 5.41) is 1.32. The van der Waals surface area contributed by atoms with Crippen molar-refractivity contribution in [3.8, 4) is 10.4 Å². The third-order valence-electron chi connectivity index (χ3n) is 2.70. The first-order valence-electron chi connectivity index (χ1n) is 5.24. The summed E-state index contributed by atoms with van der Waals surface area (Å²) in [5.74, 6) is 0. The van der Waals surface area contributed by atoms with Crippen LogP contribution in [0.1, 0.15) is 5.56 Å². The molecule has 0 saturated carbocycles. The second-order valence-corrected chi connectivity index (χ2v) is 4.93. The molecule has 0 N–H and O–H groups in total. The molecule has 0 aliphatic carbocycles. The average molecular weight is 225 g/mol. The monoisotopic (exact) mass is 225 g/mol. The van der Waals surface area contributed by atoms with Gasteiger partial charge in [-0.2, -0.15) is 0 Å². The van der Waals surface area contributed by atoms with Crippen molar-refractivity contribution in [3.63, 3.8) is 0 Å². The van der Waals surface area contributed by atoms with Gasteiger partial charge < -0.3 is 0 Å². The molecule has 0 amide bonds. The normalized spacial score (nSPS) is 10.8. The molecule has 0 radical (unpaired) electrons. The number of fused-ring (bicyclic) bond motifs is 1. The third kappa shape index (κ3) is 1.51. The number of benzene rings is 1. The zero-order valence-corrected chi connectivity index (χ0v) is 9.79. The number of hydrogen-bond donors (Lipinski definition) is 0. The highest BCUT2D eigenvalue weighted by atomic mass is 32.1. The molecule has 2 heterocycles. The molecule has 0 atom stereocenters. The average Bonchev–Trinajstić information content (AvgIpc) is 2.76. The summed E-state index contributed by atoms with van der Waals surface area (Å²) < 4.78 is 1.26. The molecule has 78 valence electrons. The van der Waals surface area contributed by atoms with Crippen LogP contribution in [0.25, 0.3) is 20.5 Å². The minimum Gasteiger partial charge on any atom is -0.263 e. The molecule has 0 saturated heterocycles. The molecule has 0 aliphatic rings. The van der Waals surface area contributed by atoms with Crippen molar-refractivity contribution in [2.24, 2.45) is 0 Å². The first-order chi connectivity index (χ1) is 7.84. The molecule has 16 heavy (non-hydrogen) atoms. The fourth-order valence-corrected chi connectivity index (χ4v) is 2.95. The van der Waals surface area contributed by atoms with Gasteiger partial charge in [0.05, 0.1) is 4.70 Å². The molecule has 0 bridgehead atoms. The summed E-state index contributed by atoms with van der Waals surface area (Å²) in [6, 6.07) is 12.7. The Kier molecular flexibility index (Phi) is 2.22. The molecule has 1 aromatic carbocycles. The number of rotatable bonds is 1. The molecular formula is C14H11NS. The van der Waals surface area contributed by atoms with Gasteiger partial charge in [0.1, 0.15) is 0 Å². The number of pyridine rings is 1. The second-order valence-electron chi connectivity index (χ2n) is 3.84. The number of nitrogens with zero attached hydrogens (tertiary/aromatic N) is 1. The van der Waals surface area contributed by atoms with Gasteiger partial charge in [0, 0.05) is 17.3 Å². The van der Waals surface area contributed by atoms with Gasteiger partial charge >= 0.3 is 0 Å². The van der Waals surface area contributed by atoms with Gasteiger partial charge in [0.15, 0.2) is 0 Å². The lowest BCUT2D eigenvalue weighted by Crippen LogP contribution is -1.74. The molecule has 0 spiro atoms. The maximum atomic E-state index is 4.23. The van der Waals surface area contributed by atoms with Crippen LogP contribution in [0.4, 0.5) is 0 Å². The Balaban J connectivity index is 2.23. The van der Waals surface area contributed by atoms with Crippen molar-refractivity contribution in [1.82, 2.24) is 4.98 Å². The number of thiophene rings is 1. The molecule has 0 unspecified atom stereocenters. The van der Waals surface area contributed by atoms with Gasteiger partial charge in [-0.1, -0.05) is 30.3 Å². The summed E-state index contributed by atoms with van der Waals surface area (Å²) in [4.78, 5) is 5.54. The summed E-state index contributed by atoms with van der Waals surface area (Å²) in [6.07, 6.45) is 3.86. The van der Waals surface area contributed by atoms with E-state index in [1.54, 1.807) is 11.3 Å². The quantitative estimate of drug-likeness (QED) is 0.602. The lowest BCUT2D eigenvalue weighted by Gasteiger charge is -1.93. The molecule has 2 heteroatoms. The summed E-state index contributed by atoms with van der Waals surface area (Å²) in [5.41, 5.74) is 2.53. The lowest BCUT2D eigenvalue weighted by atomic mass is 10.1. The molecule has 1 nitrogen and oxygen atoms in total. The van der Waals surface area contributed by atoms with E-state index in [-0.39, 0.29) is 0 Å². The van der Waals surface area contributed by atoms with Gasteiger partial charge in [0.2, 0.25) is 0 Å². The number of aryl methyl sites for hydroxylation is 1. The van der Waals surface area contributed by atoms with E-state index in [0.29, 0.717) is 0 Å². The van der Waals surface area contributed by atoms with Crippen LogP contribution in [0.5, 0.6) is 0 Å². The molecule has 3 aromatic rings.